The van der Waals surface area contributed by atoms with E-state index in [4.69, 9.17) is 20.5 Å². The topological polar surface area (TPSA) is 68.3 Å². The predicted octanol–water partition coefficient (Wildman–Crippen LogP) is 2.32. The van der Waals surface area contributed by atoms with Gasteiger partial charge < -0.3 is 15.2 Å². The van der Waals surface area contributed by atoms with Crippen molar-refractivity contribution >= 4 is 0 Å². The third-order valence-corrected chi connectivity index (χ3v) is 3.88. The molecule has 0 aromatic heterocycles. The van der Waals surface area contributed by atoms with Gasteiger partial charge in [-0.3, -0.25) is 0 Å². The van der Waals surface area contributed by atoms with Crippen LogP contribution in [0, 0.1) is 23.2 Å². The molecule has 0 bridgehead atoms. The number of methoxy groups -OCH3 is 1. The zero-order chi connectivity index (χ0) is 13.7. The third-order valence-electron chi connectivity index (χ3n) is 3.88. The molecule has 2 unspecified atom stereocenters. The first-order valence-corrected chi connectivity index (χ1v) is 6.69. The van der Waals surface area contributed by atoms with E-state index in [0.717, 1.165) is 13.0 Å². The molecule has 2 N–H and O–H groups in total. The van der Waals surface area contributed by atoms with E-state index in [2.05, 4.69) is 6.07 Å². The van der Waals surface area contributed by atoms with E-state index >= 15 is 0 Å². The summed E-state index contributed by atoms with van der Waals surface area (Å²) in [6.45, 7) is 1.35. The summed E-state index contributed by atoms with van der Waals surface area (Å²) in [7, 11) is 1.60. The van der Waals surface area contributed by atoms with Crippen LogP contribution in [0.25, 0.3) is 0 Å². The molecule has 1 fully saturated rings. The van der Waals surface area contributed by atoms with Crippen molar-refractivity contribution in [2.45, 2.75) is 19.3 Å². The summed E-state index contributed by atoms with van der Waals surface area (Å²) < 4.78 is 11.0. The van der Waals surface area contributed by atoms with Crippen LogP contribution < -0.4 is 15.2 Å². The summed E-state index contributed by atoms with van der Waals surface area (Å²) >= 11 is 0. The fourth-order valence-electron chi connectivity index (χ4n) is 2.68. The summed E-state index contributed by atoms with van der Waals surface area (Å²) in [4.78, 5) is 0. The second-order valence-electron chi connectivity index (χ2n) is 4.97. The summed E-state index contributed by atoms with van der Waals surface area (Å²) in [6, 6.07) is 7.40. The van der Waals surface area contributed by atoms with Crippen molar-refractivity contribution in [3.05, 3.63) is 23.8 Å². The molecule has 1 aliphatic carbocycles. The van der Waals surface area contributed by atoms with E-state index in [1.807, 2.05) is 0 Å². The van der Waals surface area contributed by atoms with Gasteiger partial charge in [0, 0.05) is 6.07 Å². The molecule has 19 heavy (non-hydrogen) atoms. The maximum Gasteiger partial charge on any atom is 0.140 e. The van der Waals surface area contributed by atoms with E-state index < -0.39 is 0 Å². The molecule has 1 aliphatic rings. The van der Waals surface area contributed by atoms with Crippen LogP contribution in [0.15, 0.2) is 18.2 Å². The average molecular weight is 260 g/mol. The fourth-order valence-corrected chi connectivity index (χ4v) is 2.68. The normalized spacial score (nSPS) is 21.9. The number of nitrogens with two attached hydrogens (primary N) is 1. The molecule has 4 nitrogen and oxygen atoms in total. The highest BCUT2D eigenvalue weighted by Crippen LogP contribution is 2.32. The van der Waals surface area contributed by atoms with Gasteiger partial charge in [0.15, 0.2) is 0 Å². The zero-order valence-electron chi connectivity index (χ0n) is 11.3. The predicted molar refractivity (Wildman–Crippen MR) is 73.1 cm³/mol. The van der Waals surface area contributed by atoms with Crippen LogP contribution in [-0.2, 0) is 0 Å². The van der Waals surface area contributed by atoms with Gasteiger partial charge in [0.1, 0.15) is 17.6 Å². The molecule has 0 heterocycles. The molecule has 2 atom stereocenters. The van der Waals surface area contributed by atoms with Crippen LogP contribution in [0.5, 0.6) is 11.5 Å². The smallest absolute Gasteiger partial charge is 0.140 e. The Labute approximate surface area is 114 Å². The van der Waals surface area contributed by atoms with Gasteiger partial charge in [-0.25, -0.2) is 0 Å². The maximum atomic E-state index is 9.08. The lowest BCUT2D eigenvalue weighted by molar-refractivity contribution is 0.216. The molecule has 2 rings (SSSR count). The summed E-state index contributed by atoms with van der Waals surface area (Å²) in [5.74, 6) is 2.36. The van der Waals surface area contributed by atoms with E-state index in [9.17, 15) is 0 Å². The van der Waals surface area contributed by atoms with Gasteiger partial charge in [0.25, 0.3) is 0 Å². The van der Waals surface area contributed by atoms with Crippen LogP contribution >= 0.6 is 0 Å². The highest BCUT2D eigenvalue weighted by molar-refractivity contribution is 5.47. The van der Waals surface area contributed by atoms with Gasteiger partial charge in [-0.2, -0.15) is 5.26 Å². The number of nitrogens with zero attached hydrogens (tertiary/aromatic N) is 1. The molecule has 4 heteroatoms. The maximum absolute atomic E-state index is 9.08. The lowest BCUT2D eigenvalue weighted by atomic mass is 9.97. The Hall–Kier alpha value is -1.73. The number of ether oxygens (including phenoxy) is 2. The monoisotopic (exact) mass is 260 g/mol. The minimum Gasteiger partial charge on any atom is -0.497 e. The second-order valence-corrected chi connectivity index (χ2v) is 4.97. The minimum atomic E-state index is 0.503. The Morgan fingerprint density at radius 3 is 2.84 bits per heavy atom. The lowest BCUT2D eigenvalue weighted by Gasteiger charge is -2.19. The Balaban J connectivity index is 2.04. The van der Waals surface area contributed by atoms with Gasteiger partial charge in [0.05, 0.1) is 19.3 Å². The molecule has 1 aromatic carbocycles. The summed E-state index contributed by atoms with van der Waals surface area (Å²) in [5.41, 5.74) is 6.31. The number of rotatable bonds is 5. The fraction of sp³-hybridized carbons (Fsp3) is 0.533. The minimum absolute atomic E-state index is 0.503. The summed E-state index contributed by atoms with van der Waals surface area (Å²) in [5, 5.41) is 9.08. The van der Waals surface area contributed by atoms with Crippen molar-refractivity contribution in [2.75, 3.05) is 20.3 Å². The molecule has 1 saturated carbocycles. The van der Waals surface area contributed by atoms with Crippen molar-refractivity contribution in [3.8, 4) is 17.6 Å². The Kier molecular flexibility index (Phi) is 4.64. The number of nitriles is 1. The molecule has 0 radical (unpaired) electrons. The molecule has 0 amide bonds. The van der Waals surface area contributed by atoms with Gasteiger partial charge in [-0.05, 0) is 43.4 Å². The SMILES string of the molecule is COc1ccc(C#N)c(OCC2CCCC2CN)c1. The van der Waals surface area contributed by atoms with Gasteiger partial charge in [-0.1, -0.05) is 6.42 Å². The van der Waals surface area contributed by atoms with Crippen molar-refractivity contribution in [3.63, 3.8) is 0 Å². The molecule has 0 aliphatic heterocycles. The second kappa shape index (κ2) is 6.44. The van der Waals surface area contributed by atoms with Crippen LogP contribution in [0.1, 0.15) is 24.8 Å². The highest BCUT2D eigenvalue weighted by Gasteiger charge is 2.26. The van der Waals surface area contributed by atoms with Crippen molar-refractivity contribution in [1.82, 2.24) is 0 Å². The van der Waals surface area contributed by atoms with E-state index in [1.165, 1.54) is 12.8 Å². The molecule has 0 saturated heterocycles. The average Bonchev–Trinajstić information content (AvgIpc) is 2.92. The van der Waals surface area contributed by atoms with Crippen LogP contribution in [-0.4, -0.2) is 20.3 Å². The van der Waals surface area contributed by atoms with Gasteiger partial charge in [-0.15, -0.1) is 0 Å². The first kappa shape index (κ1) is 13.7. The molecule has 0 spiro atoms. The Morgan fingerprint density at radius 2 is 2.16 bits per heavy atom. The molecule has 1 aromatic rings. The first-order chi connectivity index (χ1) is 9.28. The van der Waals surface area contributed by atoms with Gasteiger partial charge in [0.2, 0.25) is 0 Å². The highest BCUT2D eigenvalue weighted by atomic mass is 16.5. The van der Waals surface area contributed by atoms with E-state index in [-0.39, 0.29) is 0 Å². The van der Waals surface area contributed by atoms with Crippen molar-refractivity contribution < 1.29 is 9.47 Å². The van der Waals surface area contributed by atoms with Crippen LogP contribution in [0.4, 0.5) is 0 Å². The quantitative estimate of drug-likeness (QED) is 0.882. The largest absolute Gasteiger partial charge is 0.497 e. The molecular formula is C15H20N2O2. The zero-order valence-corrected chi connectivity index (χ0v) is 11.3. The van der Waals surface area contributed by atoms with Crippen molar-refractivity contribution in [1.29, 1.82) is 5.26 Å². The molecule has 102 valence electrons. The van der Waals surface area contributed by atoms with Crippen LogP contribution in [0.3, 0.4) is 0 Å². The van der Waals surface area contributed by atoms with E-state index in [0.29, 0.717) is 35.5 Å². The Bertz CT molecular complexity index is 468. The van der Waals surface area contributed by atoms with Gasteiger partial charge >= 0.3 is 0 Å². The lowest BCUT2D eigenvalue weighted by Crippen LogP contribution is -2.23. The Morgan fingerprint density at radius 1 is 1.37 bits per heavy atom. The first-order valence-electron chi connectivity index (χ1n) is 6.69. The standard InChI is InChI=1S/C15H20N2O2/c1-18-14-6-5-12(9-17)15(7-14)19-10-13-4-2-3-11(13)8-16/h5-7,11,13H,2-4,8,10,16H2,1H3. The number of hydrogen-bond donors (Lipinski definition) is 1. The molecular weight excluding hydrogens is 240 g/mol. The van der Waals surface area contributed by atoms with E-state index in [1.54, 1.807) is 25.3 Å². The number of benzene rings is 1. The van der Waals surface area contributed by atoms with Crippen molar-refractivity contribution in [2.24, 2.45) is 17.6 Å². The number of hydrogen-bond acceptors (Lipinski definition) is 4. The van der Waals surface area contributed by atoms with Crippen LogP contribution in [0.2, 0.25) is 0 Å². The third kappa shape index (κ3) is 3.18. The summed E-state index contributed by atoms with van der Waals surface area (Å²) in [6.07, 6.45) is 3.57.